The van der Waals surface area contributed by atoms with Gasteiger partial charge >= 0.3 is 6.61 Å². The molecule has 1 atom stereocenters. The summed E-state index contributed by atoms with van der Waals surface area (Å²) in [7, 11) is 0. The first-order valence-corrected chi connectivity index (χ1v) is 4.99. The van der Waals surface area contributed by atoms with Crippen molar-refractivity contribution in [2.24, 2.45) is 4.99 Å². The molecule has 0 amide bonds. The Morgan fingerprint density at radius 1 is 1.53 bits per heavy atom. The summed E-state index contributed by atoms with van der Waals surface area (Å²) in [4.78, 5) is 4.05. The van der Waals surface area contributed by atoms with Crippen LogP contribution in [0.25, 0.3) is 0 Å². The molecule has 2 rings (SSSR count). The van der Waals surface area contributed by atoms with Crippen molar-refractivity contribution in [2.75, 3.05) is 10.7 Å². The van der Waals surface area contributed by atoms with Crippen LogP contribution in [-0.4, -0.2) is 19.1 Å². The zero-order chi connectivity index (χ0) is 12.4. The molecule has 1 aromatic carbocycles. The molecule has 0 bridgehead atoms. The van der Waals surface area contributed by atoms with Gasteiger partial charge in [0.05, 0.1) is 0 Å². The molecule has 0 saturated carbocycles. The van der Waals surface area contributed by atoms with Crippen molar-refractivity contribution in [3.63, 3.8) is 0 Å². The minimum atomic E-state index is -2.90. The van der Waals surface area contributed by atoms with Crippen molar-refractivity contribution in [1.29, 1.82) is 0 Å². The normalized spacial score (nSPS) is 19.1. The van der Waals surface area contributed by atoms with E-state index in [2.05, 4.69) is 15.2 Å². The van der Waals surface area contributed by atoms with Gasteiger partial charge in [-0.3, -0.25) is 10.0 Å². The first-order chi connectivity index (χ1) is 8.06. The molecule has 0 fully saturated rings. The van der Waals surface area contributed by atoms with Crippen LogP contribution in [0.15, 0.2) is 23.2 Å². The van der Waals surface area contributed by atoms with E-state index in [1.54, 1.807) is 12.1 Å². The number of alkyl halides is 2. The van der Waals surface area contributed by atoms with Gasteiger partial charge in [0.1, 0.15) is 18.2 Å². The first-order valence-electron chi connectivity index (χ1n) is 4.99. The lowest BCUT2D eigenvalue weighted by Gasteiger charge is -2.19. The second kappa shape index (κ2) is 4.54. The molecule has 0 radical (unpaired) electrons. The predicted octanol–water partition coefficient (Wildman–Crippen LogP) is 1.57. The smallest absolute Gasteiger partial charge is 0.387 e. The fourth-order valence-corrected chi connectivity index (χ4v) is 1.49. The monoisotopic (exact) mass is 242 g/mol. The lowest BCUT2D eigenvalue weighted by atomic mass is 10.2. The SMILES string of the molecule is CC1N=CN(c2ccc(N)cc2OC(F)F)N1. The Balaban J connectivity index is 2.29. The van der Waals surface area contributed by atoms with Gasteiger partial charge < -0.3 is 10.5 Å². The molecule has 0 aromatic heterocycles. The number of nitrogens with two attached hydrogens (primary N) is 1. The molecule has 17 heavy (non-hydrogen) atoms. The second-order valence-electron chi connectivity index (χ2n) is 3.55. The summed E-state index contributed by atoms with van der Waals surface area (Å²) in [5, 5.41) is 1.52. The summed E-state index contributed by atoms with van der Waals surface area (Å²) < 4.78 is 28.9. The number of anilines is 2. The number of hydrogen-bond acceptors (Lipinski definition) is 5. The van der Waals surface area contributed by atoms with E-state index in [0.717, 1.165) is 0 Å². The number of halogens is 2. The Labute approximate surface area is 96.8 Å². The van der Waals surface area contributed by atoms with Gasteiger partial charge in [0, 0.05) is 11.8 Å². The van der Waals surface area contributed by atoms with E-state index in [9.17, 15) is 8.78 Å². The first kappa shape index (κ1) is 11.6. The van der Waals surface area contributed by atoms with E-state index in [4.69, 9.17) is 5.73 Å². The molecule has 0 aliphatic carbocycles. The third kappa shape index (κ3) is 2.62. The maximum Gasteiger partial charge on any atom is 0.387 e. The van der Waals surface area contributed by atoms with Crippen LogP contribution in [-0.2, 0) is 0 Å². The van der Waals surface area contributed by atoms with Crippen LogP contribution in [0, 0.1) is 0 Å². The fraction of sp³-hybridized carbons (Fsp3) is 0.300. The third-order valence-electron chi connectivity index (χ3n) is 2.19. The van der Waals surface area contributed by atoms with Gasteiger partial charge in [-0.2, -0.15) is 8.78 Å². The maximum absolute atomic E-state index is 12.3. The zero-order valence-corrected chi connectivity index (χ0v) is 9.10. The number of aliphatic imine (C=N–C) groups is 1. The van der Waals surface area contributed by atoms with Crippen LogP contribution < -0.4 is 20.9 Å². The lowest BCUT2D eigenvalue weighted by Crippen LogP contribution is -2.35. The van der Waals surface area contributed by atoms with Gasteiger partial charge in [-0.15, -0.1) is 0 Å². The largest absolute Gasteiger partial charge is 0.432 e. The topological polar surface area (TPSA) is 62.9 Å². The summed E-state index contributed by atoms with van der Waals surface area (Å²) >= 11 is 0. The van der Waals surface area contributed by atoms with E-state index in [1.807, 2.05) is 6.92 Å². The van der Waals surface area contributed by atoms with Gasteiger partial charge in [0.15, 0.2) is 5.75 Å². The van der Waals surface area contributed by atoms with Crippen LogP contribution in [0.2, 0.25) is 0 Å². The van der Waals surface area contributed by atoms with Crippen molar-refractivity contribution in [1.82, 2.24) is 5.43 Å². The van der Waals surface area contributed by atoms with Crippen molar-refractivity contribution in [3.8, 4) is 5.75 Å². The molecule has 1 unspecified atom stereocenters. The number of ether oxygens (including phenoxy) is 1. The molecule has 5 nitrogen and oxygen atoms in total. The Hall–Kier alpha value is -1.89. The Morgan fingerprint density at radius 2 is 2.29 bits per heavy atom. The molecule has 92 valence electrons. The molecular formula is C10H12F2N4O. The van der Waals surface area contributed by atoms with Gasteiger partial charge in [-0.05, 0) is 19.1 Å². The number of nitrogens with zero attached hydrogens (tertiary/aromatic N) is 2. The molecule has 1 aliphatic rings. The summed E-state index contributed by atoms with van der Waals surface area (Å²) in [5.74, 6) is 0.00745. The molecule has 0 saturated heterocycles. The maximum atomic E-state index is 12.3. The molecule has 1 aromatic rings. The quantitative estimate of drug-likeness (QED) is 0.790. The highest BCUT2D eigenvalue weighted by Crippen LogP contribution is 2.31. The average Bonchev–Trinajstić information content (AvgIpc) is 2.64. The van der Waals surface area contributed by atoms with Crippen LogP contribution in [0.5, 0.6) is 5.75 Å². The summed E-state index contributed by atoms with van der Waals surface area (Å²) in [6, 6.07) is 4.54. The predicted molar refractivity (Wildman–Crippen MR) is 61.1 cm³/mol. The molecule has 3 N–H and O–H groups in total. The third-order valence-corrected chi connectivity index (χ3v) is 2.19. The number of nitrogens with one attached hydrogen (secondary N) is 1. The molecule has 7 heteroatoms. The van der Waals surface area contributed by atoms with Gasteiger partial charge in [-0.25, -0.2) is 5.43 Å². The Bertz CT molecular complexity index is 438. The number of rotatable bonds is 3. The molecule has 1 aliphatic heterocycles. The number of hydrogen-bond donors (Lipinski definition) is 2. The standard InChI is InChI=1S/C10H12F2N4O/c1-6-14-5-16(15-6)8-3-2-7(13)4-9(8)17-10(11)12/h2-6,10,15H,13H2,1H3. The zero-order valence-electron chi connectivity index (χ0n) is 9.10. The second-order valence-corrected chi connectivity index (χ2v) is 3.55. The summed E-state index contributed by atoms with van der Waals surface area (Å²) in [6.07, 6.45) is 1.40. The van der Waals surface area contributed by atoms with Gasteiger partial charge in [-0.1, -0.05) is 0 Å². The van der Waals surface area contributed by atoms with Crippen molar-refractivity contribution < 1.29 is 13.5 Å². The van der Waals surface area contributed by atoms with Crippen LogP contribution in [0.4, 0.5) is 20.2 Å². The van der Waals surface area contributed by atoms with Gasteiger partial charge in [0.2, 0.25) is 0 Å². The molecule has 1 heterocycles. The van der Waals surface area contributed by atoms with E-state index >= 15 is 0 Å². The number of hydrazine groups is 1. The highest BCUT2D eigenvalue weighted by Gasteiger charge is 2.19. The van der Waals surface area contributed by atoms with Crippen LogP contribution >= 0.6 is 0 Å². The minimum absolute atomic E-state index is 0.00745. The lowest BCUT2D eigenvalue weighted by molar-refractivity contribution is -0.0494. The van der Waals surface area contributed by atoms with Gasteiger partial charge in [0.25, 0.3) is 0 Å². The highest BCUT2D eigenvalue weighted by atomic mass is 19.3. The number of benzene rings is 1. The Morgan fingerprint density at radius 3 is 2.88 bits per heavy atom. The average molecular weight is 242 g/mol. The fourth-order valence-electron chi connectivity index (χ4n) is 1.49. The highest BCUT2D eigenvalue weighted by molar-refractivity contribution is 5.83. The van der Waals surface area contributed by atoms with Crippen molar-refractivity contribution in [3.05, 3.63) is 18.2 Å². The van der Waals surface area contributed by atoms with Crippen molar-refractivity contribution in [2.45, 2.75) is 19.7 Å². The molecule has 0 spiro atoms. The summed E-state index contributed by atoms with van der Waals surface area (Å²) in [5.41, 5.74) is 9.27. The van der Waals surface area contributed by atoms with E-state index in [-0.39, 0.29) is 11.9 Å². The van der Waals surface area contributed by atoms with E-state index in [1.165, 1.54) is 17.4 Å². The van der Waals surface area contributed by atoms with E-state index < -0.39 is 6.61 Å². The minimum Gasteiger partial charge on any atom is -0.432 e. The van der Waals surface area contributed by atoms with Crippen molar-refractivity contribution >= 4 is 17.7 Å². The van der Waals surface area contributed by atoms with Crippen LogP contribution in [0.3, 0.4) is 0 Å². The number of nitrogen functional groups attached to an aromatic ring is 1. The summed E-state index contributed by atoms with van der Waals surface area (Å²) in [6.45, 7) is -1.06. The molecular weight excluding hydrogens is 230 g/mol. The van der Waals surface area contributed by atoms with Crippen LogP contribution in [0.1, 0.15) is 6.92 Å². The van der Waals surface area contributed by atoms with E-state index in [0.29, 0.717) is 11.4 Å². The Kier molecular flexibility index (Phi) is 3.10.